The minimum atomic E-state index is -0.112. The number of nitrogens with one attached hydrogen (secondary N) is 2. The maximum atomic E-state index is 12.7. The Labute approximate surface area is 234 Å². The molecule has 8 heteroatoms. The lowest BCUT2D eigenvalue weighted by Crippen LogP contribution is -2.22. The Morgan fingerprint density at radius 2 is 1.79 bits per heavy atom. The van der Waals surface area contributed by atoms with Crippen molar-refractivity contribution in [2.45, 2.75) is 82.9 Å². The van der Waals surface area contributed by atoms with Gasteiger partial charge in [-0.3, -0.25) is 4.79 Å². The first-order valence-electron chi connectivity index (χ1n) is 13.1. The summed E-state index contributed by atoms with van der Waals surface area (Å²) in [6.45, 7) is 13.6. The van der Waals surface area contributed by atoms with Crippen molar-refractivity contribution in [3.8, 4) is 11.1 Å². The highest BCUT2D eigenvalue weighted by Crippen LogP contribution is 2.43. The fourth-order valence-electron chi connectivity index (χ4n) is 4.55. The number of aryl methyl sites for hydroxylation is 2. The number of benzene rings is 2. The van der Waals surface area contributed by atoms with Crippen LogP contribution in [0.1, 0.15) is 89.3 Å². The van der Waals surface area contributed by atoms with Crippen molar-refractivity contribution in [1.82, 2.24) is 25.9 Å². The van der Waals surface area contributed by atoms with Gasteiger partial charge in [-0.1, -0.05) is 70.0 Å². The summed E-state index contributed by atoms with van der Waals surface area (Å²) in [7, 11) is 0. The number of thioether (sulfide) groups is 1. The highest BCUT2D eigenvalue weighted by molar-refractivity contribution is 7.99. The summed E-state index contributed by atoms with van der Waals surface area (Å²) in [4.78, 5) is 15.9. The number of aromatic amines is 1. The molecular weight excluding hydrogens is 510 g/mol. The number of thiophene rings is 1. The number of hydrogen-bond donors (Lipinski definition) is 2. The molecule has 1 atom stereocenters. The van der Waals surface area contributed by atoms with E-state index in [1.807, 2.05) is 17.8 Å². The Bertz CT molecular complexity index is 1330. The summed E-state index contributed by atoms with van der Waals surface area (Å²) < 4.78 is 0. The molecule has 1 unspecified atom stereocenters. The molecule has 38 heavy (non-hydrogen) atoms. The number of H-pyrrole nitrogens is 1. The number of carbonyl (C=O) groups excluding carboxylic acids is 1. The third-order valence-electron chi connectivity index (χ3n) is 6.61. The molecule has 2 aromatic heterocycles. The van der Waals surface area contributed by atoms with E-state index in [4.69, 9.17) is 0 Å². The Kier molecular flexibility index (Phi) is 9.05. The van der Waals surface area contributed by atoms with Crippen LogP contribution in [0.3, 0.4) is 0 Å². The largest absolute Gasteiger partial charge is 0.344 e. The average Bonchev–Trinajstić information content (AvgIpc) is 3.57. The first-order valence-corrected chi connectivity index (χ1v) is 14.8. The molecule has 6 nitrogen and oxygen atoms in total. The molecule has 0 saturated carbocycles. The lowest BCUT2D eigenvalue weighted by Gasteiger charge is -2.20. The molecule has 2 N–H and O–H groups in total. The smallest absolute Gasteiger partial charge is 0.261 e. The van der Waals surface area contributed by atoms with Crippen LogP contribution >= 0.6 is 23.1 Å². The van der Waals surface area contributed by atoms with Crippen LogP contribution in [0, 0.1) is 13.8 Å². The van der Waals surface area contributed by atoms with E-state index >= 15 is 0 Å². The van der Waals surface area contributed by atoms with Crippen LogP contribution in [0.25, 0.3) is 11.1 Å². The van der Waals surface area contributed by atoms with E-state index in [9.17, 15) is 4.79 Å². The standard InChI is InChI=1S/C30H37N5OS2/c1-7-8-9-24(25-14-15-26(38-25)29(36)31-18-27-32-34-35-33-27)37-23-16-19(2)28(20(3)17-23)21-10-12-22(13-11-21)30(4,5)6/h10-17,24H,7-9,18H2,1-6H3,(H,31,36)(H,32,33,34,35). The SMILES string of the molecule is CCCCC(Sc1cc(C)c(-c2ccc(C(C)(C)C)cc2)c(C)c1)c1ccc(C(=O)NCc2nn[nH]n2)s1. The Balaban J connectivity index is 1.51. The Hall–Kier alpha value is -2.97. The highest BCUT2D eigenvalue weighted by Gasteiger charge is 2.20. The highest BCUT2D eigenvalue weighted by atomic mass is 32.2. The molecule has 0 aliphatic heterocycles. The number of hydrogen-bond acceptors (Lipinski definition) is 6. The first-order chi connectivity index (χ1) is 18.2. The van der Waals surface area contributed by atoms with Crippen LogP contribution in [0.5, 0.6) is 0 Å². The van der Waals surface area contributed by atoms with E-state index in [0.29, 0.717) is 16.0 Å². The summed E-state index contributed by atoms with van der Waals surface area (Å²) in [5, 5.41) is 16.9. The molecule has 0 saturated heterocycles. The molecule has 4 aromatic rings. The normalized spacial score (nSPS) is 12.5. The van der Waals surface area contributed by atoms with Crippen molar-refractivity contribution in [3.05, 3.63) is 80.8 Å². The molecule has 2 heterocycles. The maximum absolute atomic E-state index is 12.7. The lowest BCUT2D eigenvalue weighted by molar-refractivity contribution is 0.0954. The summed E-state index contributed by atoms with van der Waals surface area (Å²) in [5.41, 5.74) is 6.66. The van der Waals surface area contributed by atoms with Crippen LogP contribution in [-0.2, 0) is 12.0 Å². The fraction of sp³-hybridized carbons (Fsp3) is 0.400. The quantitative estimate of drug-likeness (QED) is 0.198. The minimum Gasteiger partial charge on any atom is -0.344 e. The zero-order chi connectivity index (χ0) is 27.3. The lowest BCUT2D eigenvalue weighted by atomic mass is 9.85. The second-order valence-electron chi connectivity index (χ2n) is 10.7. The van der Waals surface area contributed by atoms with Gasteiger partial charge in [0.1, 0.15) is 0 Å². The number of rotatable bonds is 10. The predicted octanol–water partition coefficient (Wildman–Crippen LogP) is 7.80. The van der Waals surface area contributed by atoms with Crippen LogP contribution in [0.15, 0.2) is 53.4 Å². The van der Waals surface area contributed by atoms with E-state index in [1.54, 1.807) is 11.3 Å². The van der Waals surface area contributed by atoms with E-state index in [1.165, 1.54) is 37.6 Å². The van der Waals surface area contributed by atoms with Gasteiger partial charge in [-0.25, -0.2) is 0 Å². The second-order valence-corrected chi connectivity index (χ2v) is 13.1. The summed E-state index contributed by atoms with van der Waals surface area (Å²) in [6, 6.07) is 17.7. The average molecular weight is 548 g/mol. The van der Waals surface area contributed by atoms with Gasteiger partial charge in [0.05, 0.1) is 11.4 Å². The molecule has 4 rings (SSSR count). The molecule has 2 aromatic carbocycles. The van der Waals surface area contributed by atoms with Gasteiger partial charge in [0, 0.05) is 15.0 Å². The molecular formula is C30H37N5OS2. The van der Waals surface area contributed by atoms with E-state index in [2.05, 4.69) is 110 Å². The van der Waals surface area contributed by atoms with Gasteiger partial charge in [0.15, 0.2) is 5.82 Å². The Morgan fingerprint density at radius 1 is 1.08 bits per heavy atom. The van der Waals surface area contributed by atoms with E-state index in [-0.39, 0.29) is 17.9 Å². The minimum absolute atomic E-state index is 0.112. The summed E-state index contributed by atoms with van der Waals surface area (Å²) >= 11 is 3.47. The molecule has 0 radical (unpaired) electrons. The van der Waals surface area contributed by atoms with Crippen molar-refractivity contribution in [1.29, 1.82) is 0 Å². The van der Waals surface area contributed by atoms with Gasteiger partial charge in [0.2, 0.25) is 0 Å². The van der Waals surface area contributed by atoms with Crippen molar-refractivity contribution in [2.24, 2.45) is 0 Å². The maximum Gasteiger partial charge on any atom is 0.261 e. The zero-order valence-electron chi connectivity index (χ0n) is 23.1. The van der Waals surface area contributed by atoms with Gasteiger partial charge in [-0.15, -0.1) is 33.3 Å². The van der Waals surface area contributed by atoms with Crippen LogP contribution < -0.4 is 5.32 Å². The van der Waals surface area contributed by atoms with Gasteiger partial charge in [-0.05, 0) is 77.8 Å². The van der Waals surface area contributed by atoms with E-state index < -0.39 is 0 Å². The third-order valence-corrected chi connectivity index (χ3v) is 9.24. The van der Waals surface area contributed by atoms with Crippen molar-refractivity contribution >= 4 is 29.0 Å². The molecule has 1 amide bonds. The number of tetrazole rings is 1. The molecule has 0 bridgehead atoms. The zero-order valence-corrected chi connectivity index (χ0v) is 24.7. The van der Waals surface area contributed by atoms with Gasteiger partial charge < -0.3 is 5.32 Å². The topological polar surface area (TPSA) is 83.6 Å². The van der Waals surface area contributed by atoms with Crippen molar-refractivity contribution in [3.63, 3.8) is 0 Å². The van der Waals surface area contributed by atoms with Crippen LogP contribution in [0.2, 0.25) is 0 Å². The Morgan fingerprint density at radius 3 is 2.39 bits per heavy atom. The van der Waals surface area contributed by atoms with Crippen molar-refractivity contribution < 1.29 is 4.79 Å². The second kappa shape index (κ2) is 12.3. The monoisotopic (exact) mass is 547 g/mol. The van der Waals surface area contributed by atoms with Crippen LogP contribution in [0.4, 0.5) is 0 Å². The third kappa shape index (κ3) is 6.91. The molecule has 0 aliphatic carbocycles. The molecule has 200 valence electrons. The number of amides is 1. The van der Waals surface area contributed by atoms with Gasteiger partial charge in [-0.2, -0.15) is 5.21 Å². The summed E-state index contributed by atoms with van der Waals surface area (Å²) in [6.07, 6.45) is 3.35. The van der Waals surface area contributed by atoms with Gasteiger partial charge >= 0.3 is 0 Å². The number of aromatic nitrogens is 4. The molecule has 0 aliphatic rings. The molecule has 0 fully saturated rings. The first kappa shape index (κ1) is 28.0. The number of unbranched alkanes of at least 4 members (excludes halogenated alkanes) is 1. The fourth-order valence-corrected chi connectivity index (χ4v) is 7.08. The van der Waals surface area contributed by atoms with Crippen LogP contribution in [-0.4, -0.2) is 26.5 Å². The van der Waals surface area contributed by atoms with Crippen molar-refractivity contribution in [2.75, 3.05) is 0 Å². The predicted molar refractivity (Wildman–Crippen MR) is 158 cm³/mol. The molecule has 0 spiro atoms. The number of nitrogens with zero attached hydrogens (tertiary/aromatic N) is 3. The van der Waals surface area contributed by atoms with Gasteiger partial charge in [0.25, 0.3) is 5.91 Å². The van der Waals surface area contributed by atoms with E-state index in [0.717, 1.165) is 19.3 Å². The summed E-state index contributed by atoms with van der Waals surface area (Å²) in [5.74, 6) is 0.352. The number of carbonyl (C=O) groups is 1.